The van der Waals surface area contributed by atoms with E-state index in [0.717, 1.165) is 12.0 Å². The second-order valence-corrected chi connectivity index (χ2v) is 5.05. The molecule has 0 aliphatic rings. The maximum absolute atomic E-state index is 12.4. The monoisotopic (exact) mass is 283 g/mol. The van der Waals surface area contributed by atoms with Gasteiger partial charge in [0.15, 0.2) is 0 Å². The standard InChI is InChI=1S/C18H21NO2/c1-3-15(2)19(14-16-10-6-4-7-11-16)18(20)21-17-12-8-5-9-13-17/h4-13,15H,3,14H2,1-2H3. The van der Waals surface area contributed by atoms with Crippen molar-refractivity contribution in [1.82, 2.24) is 4.90 Å². The molecule has 110 valence electrons. The Bertz CT molecular complexity index is 554. The topological polar surface area (TPSA) is 29.5 Å². The van der Waals surface area contributed by atoms with Crippen LogP contribution in [0.3, 0.4) is 0 Å². The Morgan fingerprint density at radius 1 is 1.05 bits per heavy atom. The van der Waals surface area contributed by atoms with Crippen molar-refractivity contribution in [2.45, 2.75) is 32.9 Å². The smallest absolute Gasteiger partial charge is 0.410 e. The van der Waals surface area contributed by atoms with Gasteiger partial charge in [0, 0.05) is 12.6 Å². The van der Waals surface area contributed by atoms with Crippen molar-refractivity contribution in [3.63, 3.8) is 0 Å². The van der Waals surface area contributed by atoms with Crippen molar-refractivity contribution < 1.29 is 9.53 Å². The summed E-state index contributed by atoms with van der Waals surface area (Å²) >= 11 is 0. The summed E-state index contributed by atoms with van der Waals surface area (Å²) in [5, 5.41) is 0. The predicted octanol–water partition coefficient (Wildman–Crippen LogP) is 4.49. The normalized spacial score (nSPS) is 11.7. The van der Waals surface area contributed by atoms with Crippen molar-refractivity contribution in [3.05, 3.63) is 66.2 Å². The summed E-state index contributed by atoms with van der Waals surface area (Å²) < 4.78 is 5.46. The summed E-state index contributed by atoms with van der Waals surface area (Å²) in [5.74, 6) is 0.573. The van der Waals surface area contributed by atoms with Crippen LogP contribution in [0.4, 0.5) is 4.79 Å². The van der Waals surface area contributed by atoms with Crippen LogP contribution in [0, 0.1) is 0 Å². The summed E-state index contributed by atoms with van der Waals surface area (Å²) in [6.45, 7) is 4.66. The van der Waals surface area contributed by atoms with Gasteiger partial charge in [-0.1, -0.05) is 55.5 Å². The van der Waals surface area contributed by atoms with E-state index in [-0.39, 0.29) is 12.1 Å². The van der Waals surface area contributed by atoms with Gasteiger partial charge in [0.2, 0.25) is 0 Å². The number of benzene rings is 2. The highest BCUT2D eigenvalue weighted by Crippen LogP contribution is 2.15. The molecule has 0 fully saturated rings. The minimum absolute atomic E-state index is 0.126. The third-order valence-electron chi connectivity index (χ3n) is 3.50. The van der Waals surface area contributed by atoms with Crippen LogP contribution in [0.15, 0.2) is 60.7 Å². The van der Waals surface area contributed by atoms with E-state index in [1.807, 2.05) is 55.5 Å². The van der Waals surface area contributed by atoms with Gasteiger partial charge >= 0.3 is 6.09 Å². The first-order valence-electron chi connectivity index (χ1n) is 7.28. The van der Waals surface area contributed by atoms with Crippen LogP contribution in [-0.2, 0) is 6.54 Å². The molecule has 2 aromatic rings. The maximum atomic E-state index is 12.4. The Morgan fingerprint density at radius 2 is 1.62 bits per heavy atom. The van der Waals surface area contributed by atoms with Gasteiger partial charge in [-0.3, -0.25) is 0 Å². The zero-order chi connectivity index (χ0) is 15.1. The number of para-hydroxylation sites is 1. The largest absolute Gasteiger partial charge is 0.415 e. The van der Waals surface area contributed by atoms with E-state index >= 15 is 0 Å². The fourth-order valence-corrected chi connectivity index (χ4v) is 2.05. The number of carbonyl (C=O) groups is 1. The highest BCUT2D eigenvalue weighted by Gasteiger charge is 2.21. The third kappa shape index (κ3) is 4.35. The van der Waals surface area contributed by atoms with Gasteiger partial charge in [-0.15, -0.1) is 0 Å². The Hall–Kier alpha value is -2.29. The maximum Gasteiger partial charge on any atom is 0.415 e. The molecule has 3 heteroatoms. The molecule has 0 aliphatic heterocycles. The first-order chi connectivity index (χ1) is 10.2. The molecule has 0 saturated carbocycles. The first-order valence-corrected chi connectivity index (χ1v) is 7.28. The highest BCUT2D eigenvalue weighted by atomic mass is 16.6. The molecule has 1 unspecified atom stereocenters. The molecule has 0 radical (unpaired) electrons. The molecule has 0 spiro atoms. The van der Waals surface area contributed by atoms with E-state index in [9.17, 15) is 4.79 Å². The predicted molar refractivity (Wildman–Crippen MR) is 84.2 cm³/mol. The fraction of sp³-hybridized carbons (Fsp3) is 0.278. The van der Waals surface area contributed by atoms with Crippen molar-refractivity contribution in [3.8, 4) is 5.75 Å². The van der Waals surface area contributed by atoms with Crippen LogP contribution in [0.5, 0.6) is 5.75 Å². The van der Waals surface area contributed by atoms with E-state index in [1.54, 1.807) is 17.0 Å². The van der Waals surface area contributed by atoms with E-state index in [2.05, 4.69) is 6.92 Å². The van der Waals surface area contributed by atoms with Crippen molar-refractivity contribution in [2.24, 2.45) is 0 Å². The van der Waals surface area contributed by atoms with Crippen molar-refractivity contribution in [2.75, 3.05) is 0 Å². The zero-order valence-electron chi connectivity index (χ0n) is 12.5. The SMILES string of the molecule is CCC(C)N(Cc1ccccc1)C(=O)Oc1ccccc1. The summed E-state index contributed by atoms with van der Waals surface area (Å²) in [7, 11) is 0. The second kappa shape index (κ2) is 7.48. The molecule has 0 aromatic heterocycles. The molecule has 3 nitrogen and oxygen atoms in total. The average Bonchev–Trinajstić information content (AvgIpc) is 2.53. The lowest BCUT2D eigenvalue weighted by Crippen LogP contribution is -2.39. The summed E-state index contributed by atoms with van der Waals surface area (Å²) in [4.78, 5) is 14.2. The molecule has 1 amide bonds. The van der Waals surface area contributed by atoms with Crippen LogP contribution in [0.25, 0.3) is 0 Å². The van der Waals surface area contributed by atoms with Crippen LogP contribution in [0.1, 0.15) is 25.8 Å². The summed E-state index contributed by atoms with van der Waals surface area (Å²) in [5.41, 5.74) is 1.10. The van der Waals surface area contributed by atoms with Crippen molar-refractivity contribution in [1.29, 1.82) is 0 Å². The number of hydrogen-bond donors (Lipinski definition) is 0. The quantitative estimate of drug-likeness (QED) is 0.809. The number of ether oxygens (including phenoxy) is 1. The van der Waals surface area contributed by atoms with Crippen LogP contribution in [0.2, 0.25) is 0 Å². The number of carbonyl (C=O) groups excluding carboxylic acids is 1. The molecular weight excluding hydrogens is 262 g/mol. The Labute approximate surface area is 126 Å². The lowest BCUT2D eigenvalue weighted by atomic mass is 10.1. The van der Waals surface area contributed by atoms with E-state index < -0.39 is 0 Å². The number of amides is 1. The number of nitrogens with zero attached hydrogens (tertiary/aromatic N) is 1. The Balaban J connectivity index is 2.10. The Morgan fingerprint density at radius 3 is 2.19 bits per heavy atom. The lowest BCUT2D eigenvalue weighted by molar-refractivity contribution is 0.130. The third-order valence-corrected chi connectivity index (χ3v) is 3.50. The zero-order valence-corrected chi connectivity index (χ0v) is 12.5. The minimum Gasteiger partial charge on any atom is -0.410 e. The Kier molecular flexibility index (Phi) is 5.38. The average molecular weight is 283 g/mol. The second-order valence-electron chi connectivity index (χ2n) is 5.05. The molecule has 1 atom stereocenters. The van der Waals surface area contributed by atoms with Gasteiger partial charge in [-0.25, -0.2) is 4.79 Å². The van der Waals surface area contributed by atoms with Gasteiger partial charge in [0.1, 0.15) is 5.75 Å². The van der Waals surface area contributed by atoms with Gasteiger partial charge in [0.25, 0.3) is 0 Å². The van der Waals surface area contributed by atoms with Gasteiger partial charge < -0.3 is 9.64 Å². The highest BCUT2D eigenvalue weighted by molar-refractivity contribution is 5.71. The molecule has 0 aliphatic carbocycles. The van der Waals surface area contributed by atoms with E-state index in [0.29, 0.717) is 12.3 Å². The van der Waals surface area contributed by atoms with Crippen LogP contribution < -0.4 is 4.74 Å². The van der Waals surface area contributed by atoms with Gasteiger partial charge in [0.05, 0.1) is 0 Å². The number of hydrogen-bond acceptors (Lipinski definition) is 2. The summed E-state index contributed by atoms with van der Waals surface area (Å²) in [6.07, 6.45) is 0.580. The van der Waals surface area contributed by atoms with Crippen molar-refractivity contribution >= 4 is 6.09 Å². The molecule has 0 N–H and O–H groups in total. The fourth-order valence-electron chi connectivity index (χ4n) is 2.05. The van der Waals surface area contributed by atoms with E-state index in [4.69, 9.17) is 4.74 Å². The lowest BCUT2D eigenvalue weighted by Gasteiger charge is -2.27. The molecule has 21 heavy (non-hydrogen) atoms. The first kappa shape index (κ1) is 15.1. The van der Waals surface area contributed by atoms with Crippen LogP contribution >= 0.6 is 0 Å². The molecular formula is C18H21NO2. The number of rotatable bonds is 5. The molecule has 0 saturated heterocycles. The van der Waals surface area contributed by atoms with Gasteiger partial charge in [-0.2, -0.15) is 0 Å². The summed E-state index contributed by atoms with van der Waals surface area (Å²) in [6, 6.07) is 19.3. The van der Waals surface area contributed by atoms with Crippen LogP contribution in [-0.4, -0.2) is 17.0 Å². The minimum atomic E-state index is -0.306. The molecule has 0 bridgehead atoms. The molecule has 0 heterocycles. The molecule has 2 aromatic carbocycles. The van der Waals surface area contributed by atoms with E-state index in [1.165, 1.54) is 0 Å². The van der Waals surface area contributed by atoms with Gasteiger partial charge in [-0.05, 0) is 31.0 Å². The molecule has 2 rings (SSSR count).